The van der Waals surface area contributed by atoms with Crippen LogP contribution in [0.2, 0.25) is 0 Å². The summed E-state index contributed by atoms with van der Waals surface area (Å²) in [6, 6.07) is 21.3. The molecule has 0 aromatic heterocycles. The minimum atomic E-state index is -0.667. The normalized spacial score (nSPS) is 10.5. The van der Waals surface area contributed by atoms with Gasteiger partial charge in [-0.05, 0) is 49.2 Å². The van der Waals surface area contributed by atoms with Crippen molar-refractivity contribution in [2.24, 2.45) is 0 Å². The molecule has 0 heterocycles. The molecule has 0 aliphatic heterocycles. The first kappa shape index (κ1) is 21.0. The standard InChI is InChI=1S/C17H18O2.C8H8O/c1-12(2)16(18)19-17(3,4)15-10-9-13-7-5-6-8-14(13)11-15;1-2-7-5-3-4-6-8(7)9/h5-11H,1H2,2-4H3;2-6,9H,1H2. The Bertz CT molecular complexity index is 999. The number of esters is 1. The van der Waals surface area contributed by atoms with Crippen LogP contribution in [0.1, 0.15) is 31.9 Å². The molecule has 3 aromatic carbocycles. The fourth-order valence-electron chi connectivity index (χ4n) is 2.60. The van der Waals surface area contributed by atoms with E-state index in [1.54, 1.807) is 25.1 Å². The average Bonchev–Trinajstić information content (AvgIpc) is 2.68. The van der Waals surface area contributed by atoms with E-state index in [-0.39, 0.29) is 11.7 Å². The van der Waals surface area contributed by atoms with Crippen LogP contribution in [0.3, 0.4) is 0 Å². The molecule has 0 radical (unpaired) electrons. The molecule has 0 bridgehead atoms. The molecule has 0 saturated carbocycles. The maximum Gasteiger partial charge on any atom is 0.333 e. The fraction of sp³-hybridized carbons (Fsp3) is 0.160. The van der Waals surface area contributed by atoms with Crippen LogP contribution in [0.4, 0.5) is 0 Å². The molecule has 28 heavy (non-hydrogen) atoms. The van der Waals surface area contributed by atoms with Crippen molar-refractivity contribution in [3.8, 4) is 5.75 Å². The Labute approximate surface area is 166 Å². The molecule has 3 rings (SSSR count). The van der Waals surface area contributed by atoms with Crippen molar-refractivity contribution in [2.75, 3.05) is 0 Å². The van der Waals surface area contributed by atoms with Crippen molar-refractivity contribution >= 4 is 22.8 Å². The molecule has 0 saturated heterocycles. The fourth-order valence-corrected chi connectivity index (χ4v) is 2.60. The van der Waals surface area contributed by atoms with Crippen LogP contribution < -0.4 is 0 Å². The Morgan fingerprint density at radius 1 is 1.00 bits per heavy atom. The van der Waals surface area contributed by atoms with Gasteiger partial charge in [-0.1, -0.05) is 73.8 Å². The van der Waals surface area contributed by atoms with E-state index >= 15 is 0 Å². The van der Waals surface area contributed by atoms with E-state index in [9.17, 15) is 4.79 Å². The smallest absolute Gasteiger partial charge is 0.333 e. The van der Waals surface area contributed by atoms with Crippen molar-refractivity contribution < 1.29 is 14.6 Å². The van der Waals surface area contributed by atoms with Gasteiger partial charge in [0.1, 0.15) is 11.4 Å². The molecular weight excluding hydrogens is 348 g/mol. The first-order valence-electron chi connectivity index (χ1n) is 9.03. The lowest BCUT2D eigenvalue weighted by atomic mass is 9.95. The Kier molecular flexibility index (Phi) is 6.78. The number of carbonyl (C=O) groups is 1. The van der Waals surface area contributed by atoms with E-state index in [2.05, 4.69) is 31.4 Å². The second kappa shape index (κ2) is 9.05. The van der Waals surface area contributed by atoms with E-state index in [1.807, 2.05) is 50.2 Å². The molecule has 3 heteroatoms. The first-order valence-corrected chi connectivity index (χ1v) is 9.03. The highest BCUT2D eigenvalue weighted by Crippen LogP contribution is 2.28. The molecule has 3 aromatic rings. The van der Waals surface area contributed by atoms with Crippen LogP contribution in [-0.2, 0) is 15.1 Å². The molecule has 0 spiro atoms. The van der Waals surface area contributed by atoms with Crippen LogP contribution in [0.25, 0.3) is 16.8 Å². The number of phenols is 1. The number of rotatable bonds is 4. The molecular formula is C25H26O3. The Balaban J connectivity index is 0.000000261. The highest BCUT2D eigenvalue weighted by atomic mass is 16.6. The first-order chi connectivity index (χ1) is 13.2. The molecule has 1 N–H and O–H groups in total. The van der Waals surface area contributed by atoms with Gasteiger partial charge in [0.05, 0.1) is 0 Å². The van der Waals surface area contributed by atoms with Gasteiger partial charge in [-0.25, -0.2) is 4.79 Å². The van der Waals surface area contributed by atoms with E-state index < -0.39 is 5.60 Å². The lowest BCUT2D eigenvalue weighted by molar-refractivity contribution is -0.152. The Hall–Kier alpha value is -3.33. The minimum absolute atomic E-state index is 0.285. The van der Waals surface area contributed by atoms with Gasteiger partial charge in [0.2, 0.25) is 0 Å². The van der Waals surface area contributed by atoms with Crippen molar-refractivity contribution in [3.63, 3.8) is 0 Å². The van der Waals surface area contributed by atoms with Crippen LogP contribution in [0.5, 0.6) is 5.75 Å². The van der Waals surface area contributed by atoms with E-state index in [1.165, 1.54) is 5.39 Å². The van der Waals surface area contributed by atoms with Crippen molar-refractivity contribution in [2.45, 2.75) is 26.4 Å². The number of fused-ring (bicyclic) bond motifs is 1. The topological polar surface area (TPSA) is 46.5 Å². The third-order valence-electron chi connectivity index (χ3n) is 4.30. The summed E-state index contributed by atoms with van der Waals surface area (Å²) >= 11 is 0. The number of hydrogen-bond acceptors (Lipinski definition) is 3. The number of aromatic hydroxyl groups is 1. The summed E-state index contributed by atoms with van der Waals surface area (Å²) in [7, 11) is 0. The number of para-hydroxylation sites is 1. The second-order valence-corrected chi connectivity index (χ2v) is 7.01. The van der Waals surface area contributed by atoms with Crippen molar-refractivity contribution in [1.82, 2.24) is 0 Å². The average molecular weight is 374 g/mol. The van der Waals surface area contributed by atoms with Crippen molar-refractivity contribution in [3.05, 3.63) is 96.6 Å². The maximum absolute atomic E-state index is 11.7. The molecule has 0 amide bonds. The summed E-state index contributed by atoms with van der Waals surface area (Å²) in [6.07, 6.45) is 1.62. The van der Waals surface area contributed by atoms with E-state index in [0.717, 1.165) is 16.5 Å². The molecule has 3 nitrogen and oxygen atoms in total. The largest absolute Gasteiger partial charge is 0.507 e. The Morgan fingerprint density at radius 2 is 1.61 bits per heavy atom. The number of benzene rings is 3. The summed E-state index contributed by atoms with van der Waals surface area (Å²) in [4.78, 5) is 11.7. The quantitative estimate of drug-likeness (QED) is 0.435. The Morgan fingerprint density at radius 3 is 2.18 bits per heavy atom. The highest BCUT2D eigenvalue weighted by molar-refractivity contribution is 5.87. The zero-order valence-corrected chi connectivity index (χ0v) is 16.6. The predicted octanol–water partition coefficient (Wildman–Crippen LogP) is 6.23. The molecule has 0 atom stereocenters. The predicted molar refractivity (Wildman–Crippen MR) is 116 cm³/mol. The van der Waals surface area contributed by atoms with Gasteiger partial charge in [0.15, 0.2) is 0 Å². The van der Waals surface area contributed by atoms with Crippen molar-refractivity contribution in [1.29, 1.82) is 0 Å². The van der Waals surface area contributed by atoms with Crippen LogP contribution in [0, 0.1) is 0 Å². The van der Waals surface area contributed by atoms with Crippen LogP contribution >= 0.6 is 0 Å². The zero-order chi connectivity index (χ0) is 20.7. The molecule has 0 aliphatic rings. The second-order valence-electron chi connectivity index (χ2n) is 7.01. The summed E-state index contributed by atoms with van der Waals surface area (Å²) in [6.45, 7) is 12.6. The van der Waals surface area contributed by atoms with Gasteiger partial charge >= 0.3 is 5.97 Å². The number of ether oxygens (including phenoxy) is 1. The van der Waals surface area contributed by atoms with E-state index in [4.69, 9.17) is 9.84 Å². The molecule has 0 unspecified atom stereocenters. The lowest BCUT2D eigenvalue weighted by Gasteiger charge is -2.26. The monoisotopic (exact) mass is 374 g/mol. The summed E-state index contributed by atoms with van der Waals surface area (Å²) in [5, 5.41) is 11.4. The molecule has 0 aliphatic carbocycles. The van der Waals surface area contributed by atoms with Gasteiger partial charge in [-0.3, -0.25) is 0 Å². The molecule has 144 valence electrons. The molecule has 0 fully saturated rings. The maximum atomic E-state index is 11.7. The third-order valence-corrected chi connectivity index (χ3v) is 4.30. The van der Waals surface area contributed by atoms with E-state index in [0.29, 0.717) is 5.57 Å². The third kappa shape index (κ3) is 5.34. The number of phenolic OH excluding ortho intramolecular Hbond substituents is 1. The zero-order valence-electron chi connectivity index (χ0n) is 16.6. The highest BCUT2D eigenvalue weighted by Gasteiger charge is 2.25. The van der Waals surface area contributed by atoms with Crippen LogP contribution in [-0.4, -0.2) is 11.1 Å². The van der Waals surface area contributed by atoms with Gasteiger partial charge in [0, 0.05) is 11.1 Å². The number of carbonyl (C=O) groups excluding carboxylic acids is 1. The van der Waals surface area contributed by atoms with Gasteiger partial charge in [0.25, 0.3) is 0 Å². The van der Waals surface area contributed by atoms with Gasteiger partial charge < -0.3 is 9.84 Å². The van der Waals surface area contributed by atoms with Gasteiger partial charge in [-0.2, -0.15) is 0 Å². The lowest BCUT2D eigenvalue weighted by Crippen LogP contribution is -2.25. The summed E-state index contributed by atoms with van der Waals surface area (Å²) in [5.74, 6) is -0.0781. The van der Waals surface area contributed by atoms with Gasteiger partial charge in [-0.15, -0.1) is 0 Å². The summed E-state index contributed by atoms with van der Waals surface area (Å²) < 4.78 is 5.50. The minimum Gasteiger partial charge on any atom is -0.507 e. The van der Waals surface area contributed by atoms with Crippen LogP contribution in [0.15, 0.2) is 85.5 Å². The number of hydrogen-bond donors (Lipinski definition) is 1. The summed E-state index contributed by atoms with van der Waals surface area (Å²) in [5.41, 5.74) is 1.49. The SMILES string of the molecule is C=C(C)C(=O)OC(C)(C)c1ccc2ccccc2c1.C=Cc1ccccc1O.